The van der Waals surface area contributed by atoms with E-state index < -0.39 is 4.92 Å². The standard InChI is InChI=1S/C18H13ClN2O3S/c1-11(22)20-18-16(12-2-6-14(19)7-3-12)10-17(25-18)13-4-8-15(9-5-13)21(23)24/h2-10H,1H3,(H,20,22). The van der Waals surface area contributed by atoms with Crippen LogP contribution in [0.15, 0.2) is 54.6 Å². The number of thiophene rings is 1. The van der Waals surface area contributed by atoms with Gasteiger partial charge >= 0.3 is 0 Å². The van der Waals surface area contributed by atoms with Crippen LogP contribution in [0.4, 0.5) is 10.7 Å². The van der Waals surface area contributed by atoms with Crippen molar-refractivity contribution in [2.75, 3.05) is 5.32 Å². The van der Waals surface area contributed by atoms with Gasteiger partial charge in [-0.15, -0.1) is 11.3 Å². The second-order valence-electron chi connectivity index (χ2n) is 5.35. The highest BCUT2D eigenvalue weighted by Crippen LogP contribution is 2.41. The van der Waals surface area contributed by atoms with E-state index in [9.17, 15) is 14.9 Å². The zero-order valence-electron chi connectivity index (χ0n) is 13.2. The summed E-state index contributed by atoms with van der Waals surface area (Å²) in [6.45, 7) is 1.46. The Labute approximate surface area is 153 Å². The molecule has 5 nitrogen and oxygen atoms in total. The molecule has 0 fully saturated rings. The quantitative estimate of drug-likeness (QED) is 0.478. The molecule has 0 saturated carbocycles. The van der Waals surface area contributed by atoms with Crippen molar-refractivity contribution in [3.8, 4) is 21.6 Å². The van der Waals surface area contributed by atoms with Crippen molar-refractivity contribution >= 4 is 39.5 Å². The van der Waals surface area contributed by atoms with E-state index in [4.69, 9.17) is 11.6 Å². The van der Waals surface area contributed by atoms with Gasteiger partial charge < -0.3 is 5.32 Å². The van der Waals surface area contributed by atoms with E-state index in [0.29, 0.717) is 5.02 Å². The maximum atomic E-state index is 11.5. The molecule has 0 unspecified atom stereocenters. The van der Waals surface area contributed by atoms with Gasteiger partial charge in [0.2, 0.25) is 5.91 Å². The molecule has 0 aliphatic rings. The summed E-state index contributed by atoms with van der Waals surface area (Å²) in [4.78, 5) is 22.8. The molecule has 0 saturated heterocycles. The van der Waals surface area contributed by atoms with Crippen LogP contribution < -0.4 is 5.32 Å². The molecule has 25 heavy (non-hydrogen) atoms. The number of amides is 1. The fourth-order valence-electron chi connectivity index (χ4n) is 2.38. The van der Waals surface area contributed by atoms with E-state index in [2.05, 4.69) is 5.32 Å². The average Bonchev–Trinajstić information content (AvgIpc) is 2.98. The molecule has 1 aromatic heterocycles. The largest absolute Gasteiger partial charge is 0.317 e. The normalized spacial score (nSPS) is 10.5. The van der Waals surface area contributed by atoms with Gasteiger partial charge in [0, 0.05) is 34.5 Å². The number of benzene rings is 2. The number of hydrogen-bond acceptors (Lipinski definition) is 4. The Morgan fingerprint density at radius 2 is 1.68 bits per heavy atom. The van der Waals surface area contributed by atoms with Crippen LogP contribution in [0.1, 0.15) is 6.92 Å². The summed E-state index contributed by atoms with van der Waals surface area (Å²) in [5.41, 5.74) is 2.70. The van der Waals surface area contributed by atoms with Gasteiger partial charge in [-0.1, -0.05) is 23.7 Å². The van der Waals surface area contributed by atoms with Gasteiger partial charge in [-0.25, -0.2) is 0 Å². The minimum absolute atomic E-state index is 0.0420. The van der Waals surface area contributed by atoms with Crippen molar-refractivity contribution in [2.45, 2.75) is 6.92 Å². The fraction of sp³-hybridized carbons (Fsp3) is 0.0556. The minimum Gasteiger partial charge on any atom is -0.317 e. The van der Waals surface area contributed by atoms with Gasteiger partial charge in [0.25, 0.3) is 5.69 Å². The predicted octanol–water partition coefficient (Wildman–Crippen LogP) is 5.60. The summed E-state index contributed by atoms with van der Waals surface area (Å²) in [7, 11) is 0. The lowest BCUT2D eigenvalue weighted by Crippen LogP contribution is -2.04. The maximum Gasteiger partial charge on any atom is 0.269 e. The first kappa shape index (κ1) is 17.1. The summed E-state index contributed by atoms with van der Waals surface area (Å²) in [5, 5.41) is 15.0. The Morgan fingerprint density at radius 3 is 2.24 bits per heavy atom. The van der Waals surface area contributed by atoms with Crippen molar-refractivity contribution < 1.29 is 9.72 Å². The highest BCUT2D eigenvalue weighted by molar-refractivity contribution is 7.20. The molecule has 0 bridgehead atoms. The van der Waals surface area contributed by atoms with Crippen LogP contribution in [0.2, 0.25) is 5.02 Å². The van der Waals surface area contributed by atoms with E-state index in [-0.39, 0.29) is 11.6 Å². The number of nitrogens with zero attached hydrogens (tertiary/aromatic N) is 1. The number of nitro groups is 1. The molecular formula is C18H13ClN2O3S. The molecule has 0 atom stereocenters. The summed E-state index contributed by atoms with van der Waals surface area (Å²) >= 11 is 7.36. The molecule has 0 radical (unpaired) electrons. The first-order valence-corrected chi connectivity index (χ1v) is 8.55. The van der Waals surface area contributed by atoms with Gasteiger partial charge in [-0.3, -0.25) is 14.9 Å². The molecular weight excluding hydrogens is 360 g/mol. The fourth-order valence-corrected chi connectivity index (χ4v) is 3.64. The number of anilines is 1. The third-order valence-corrected chi connectivity index (χ3v) is 4.89. The lowest BCUT2D eigenvalue weighted by atomic mass is 10.1. The molecule has 0 aliphatic heterocycles. The lowest BCUT2D eigenvalue weighted by molar-refractivity contribution is -0.384. The summed E-state index contributed by atoms with van der Waals surface area (Å²) in [5.74, 6) is -0.160. The van der Waals surface area contributed by atoms with Crippen molar-refractivity contribution in [1.29, 1.82) is 0 Å². The number of rotatable bonds is 4. The number of carbonyl (C=O) groups excluding carboxylic acids is 1. The van der Waals surface area contributed by atoms with Crippen LogP contribution in [0.5, 0.6) is 0 Å². The molecule has 1 heterocycles. The summed E-state index contributed by atoms with van der Waals surface area (Å²) in [6.07, 6.45) is 0. The topological polar surface area (TPSA) is 72.2 Å². The van der Waals surface area contributed by atoms with Crippen LogP contribution in [0.25, 0.3) is 21.6 Å². The number of carbonyl (C=O) groups is 1. The lowest BCUT2D eigenvalue weighted by Gasteiger charge is -2.04. The highest BCUT2D eigenvalue weighted by atomic mass is 35.5. The van der Waals surface area contributed by atoms with Gasteiger partial charge in [0.15, 0.2) is 0 Å². The Bertz CT molecular complexity index is 934. The van der Waals surface area contributed by atoms with Gasteiger partial charge in [-0.05, 0) is 41.5 Å². The smallest absolute Gasteiger partial charge is 0.269 e. The second kappa shape index (κ2) is 7.04. The molecule has 0 aliphatic carbocycles. The first-order chi connectivity index (χ1) is 11.9. The molecule has 1 amide bonds. The van der Waals surface area contributed by atoms with Crippen molar-refractivity contribution in [2.24, 2.45) is 0 Å². The van der Waals surface area contributed by atoms with Crippen molar-refractivity contribution in [3.63, 3.8) is 0 Å². The Morgan fingerprint density at radius 1 is 1.08 bits per heavy atom. The number of non-ortho nitro benzene ring substituents is 1. The molecule has 7 heteroatoms. The van der Waals surface area contributed by atoms with E-state index in [1.54, 1.807) is 24.3 Å². The number of hydrogen-bond donors (Lipinski definition) is 1. The zero-order valence-corrected chi connectivity index (χ0v) is 14.7. The molecule has 1 N–H and O–H groups in total. The third-order valence-electron chi connectivity index (χ3n) is 3.54. The van der Waals surface area contributed by atoms with Crippen molar-refractivity contribution in [1.82, 2.24) is 0 Å². The van der Waals surface area contributed by atoms with Gasteiger partial charge in [0.05, 0.1) is 4.92 Å². The molecule has 2 aromatic carbocycles. The van der Waals surface area contributed by atoms with Crippen LogP contribution in [-0.4, -0.2) is 10.8 Å². The molecule has 3 aromatic rings. The third kappa shape index (κ3) is 3.87. The van der Waals surface area contributed by atoms with Crippen LogP contribution in [0, 0.1) is 10.1 Å². The number of nitrogens with one attached hydrogen (secondary N) is 1. The van der Waals surface area contributed by atoms with E-state index in [0.717, 1.165) is 26.6 Å². The van der Waals surface area contributed by atoms with Crippen LogP contribution in [0.3, 0.4) is 0 Å². The number of nitro benzene ring substituents is 1. The minimum atomic E-state index is -0.430. The Kier molecular flexibility index (Phi) is 4.83. The average molecular weight is 373 g/mol. The van der Waals surface area contributed by atoms with E-state index in [1.807, 2.05) is 18.2 Å². The maximum absolute atomic E-state index is 11.5. The molecule has 126 valence electrons. The van der Waals surface area contributed by atoms with E-state index >= 15 is 0 Å². The predicted molar refractivity (Wildman–Crippen MR) is 101 cm³/mol. The summed E-state index contributed by atoms with van der Waals surface area (Å²) < 4.78 is 0. The van der Waals surface area contributed by atoms with Crippen LogP contribution >= 0.6 is 22.9 Å². The number of halogens is 1. The van der Waals surface area contributed by atoms with Gasteiger partial charge in [-0.2, -0.15) is 0 Å². The Balaban J connectivity index is 2.04. The van der Waals surface area contributed by atoms with Crippen molar-refractivity contribution in [3.05, 3.63) is 69.7 Å². The van der Waals surface area contributed by atoms with Crippen LogP contribution in [-0.2, 0) is 4.79 Å². The highest BCUT2D eigenvalue weighted by Gasteiger charge is 2.14. The SMILES string of the molecule is CC(=O)Nc1sc(-c2ccc([N+](=O)[O-])cc2)cc1-c1ccc(Cl)cc1. The monoisotopic (exact) mass is 372 g/mol. The van der Waals surface area contributed by atoms with E-state index in [1.165, 1.54) is 30.4 Å². The second-order valence-corrected chi connectivity index (χ2v) is 6.83. The zero-order chi connectivity index (χ0) is 18.0. The van der Waals surface area contributed by atoms with Gasteiger partial charge in [0.1, 0.15) is 5.00 Å². The molecule has 3 rings (SSSR count). The first-order valence-electron chi connectivity index (χ1n) is 7.36. The summed E-state index contributed by atoms with van der Waals surface area (Å²) in [6, 6.07) is 15.6. The molecule has 0 spiro atoms. The Hall–Kier alpha value is -2.70.